The van der Waals surface area contributed by atoms with Crippen LogP contribution in [-0.2, 0) is 0 Å². The average molecular weight is 164 g/mol. The first-order valence-corrected chi connectivity index (χ1v) is 3.83. The molecule has 0 aromatic carbocycles. The van der Waals surface area contributed by atoms with Crippen molar-refractivity contribution in [3.05, 3.63) is 42.9 Å². The third-order valence-corrected chi connectivity index (χ3v) is 1.43. The zero-order valence-corrected chi connectivity index (χ0v) is 6.81. The zero-order valence-electron chi connectivity index (χ0n) is 6.81. The van der Waals surface area contributed by atoms with E-state index in [1.54, 1.807) is 30.6 Å². The van der Waals surface area contributed by atoms with Crippen molar-refractivity contribution in [1.82, 2.24) is 0 Å². The Kier molecular flexibility index (Phi) is 3.35. The Bertz CT molecular complexity index is 247. The molecule has 1 heterocycles. The summed E-state index contributed by atoms with van der Waals surface area (Å²) in [6, 6.07) is 3.64. The van der Waals surface area contributed by atoms with Crippen LogP contribution >= 0.6 is 0 Å². The Hall–Kier alpha value is -1.28. The molecule has 0 aliphatic heterocycles. The van der Waals surface area contributed by atoms with Crippen LogP contribution in [0.1, 0.15) is 12.2 Å². The molecule has 0 amide bonds. The molecule has 0 radical (unpaired) electrons. The summed E-state index contributed by atoms with van der Waals surface area (Å²) in [5.74, 6) is 0.748. The molecular weight excluding hydrogens is 152 g/mol. The molecule has 64 valence electrons. The molecule has 0 aliphatic carbocycles. The largest absolute Gasteiger partial charge is 0.465 e. The summed E-state index contributed by atoms with van der Waals surface area (Å²) in [7, 11) is 0. The van der Waals surface area contributed by atoms with Crippen molar-refractivity contribution in [2.45, 2.75) is 12.5 Å². The van der Waals surface area contributed by atoms with Crippen molar-refractivity contribution in [2.24, 2.45) is 0 Å². The highest BCUT2D eigenvalue weighted by Gasteiger charge is 1.94. The number of hydrogen-bond donors (Lipinski definition) is 1. The SMILES string of the molecule is C=CC[C@H](O)C=Cc1ccco1. The average Bonchev–Trinajstić information content (AvgIpc) is 2.53. The van der Waals surface area contributed by atoms with Crippen LogP contribution in [0.15, 0.2) is 41.5 Å². The lowest BCUT2D eigenvalue weighted by atomic mass is 10.2. The second-order valence-electron chi connectivity index (χ2n) is 2.47. The van der Waals surface area contributed by atoms with Gasteiger partial charge in [-0.1, -0.05) is 12.2 Å². The van der Waals surface area contributed by atoms with Gasteiger partial charge in [0, 0.05) is 0 Å². The minimum absolute atomic E-state index is 0.465. The fourth-order valence-corrected chi connectivity index (χ4v) is 0.841. The number of aliphatic hydroxyl groups is 1. The lowest BCUT2D eigenvalue weighted by Gasteiger charge is -1.97. The lowest BCUT2D eigenvalue weighted by Crippen LogP contribution is -1.98. The summed E-state index contributed by atoms with van der Waals surface area (Å²) in [5.41, 5.74) is 0. The molecule has 1 aromatic heterocycles. The molecule has 2 heteroatoms. The molecule has 1 N–H and O–H groups in total. The zero-order chi connectivity index (χ0) is 8.81. The summed E-state index contributed by atoms with van der Waals surface area (Å²) in [6.45, 7) is 3.53. The maximum Gasteiger partial charge on any atom is 0.126 e. The molecule has 0 fully saturated rings. The molecule has 1 atom stereocenters. The lowest BCUT2D eigenvalue weighted by molar-refractivity contribution is 0.228. The van der Waals surface area contributed by atoms with Crippen LogP contribution in [-0.4, -0.2) is 11.2 Å². The minimum Gasteiger partial charge on any atom is -0.465 e. The summed E-state index contributed by atoms with van der Waals surface area (Å²) >= 11 is 0. The van der Waals surface area contributed by atoms with E-state index >= 15 is 0 Å². The first-order chi connectivity index (χ1) is 5.83. The van der Waals surface area contributed by atoms with Gasteiger partial charge in [-0.05, 0) is 24.6 Å². The predicted molar refractivity (Wildman–Crippen MR) is 48.6 cm³/mol. The molecule has 1 rings (SSSR count). The van der Waals surface area contributed by atoms with Crippen molar-refractivity contribution in [3.63, 3.8) is 0 Å². The van der Waals surface area contributed by atoms with E-state index in [9.17, 15) is 5.11 Å². The van der Waals surface area contributed by atoms with E-state index in [-0.39, 0.29) is 0 Å². The summed E-state index contributed by atoms with van der Waals surface area (Å²) < 4.78 is 5.04. The van der Waals surface area contributed by atoms with Crippen LogP contribution in [0.5, 0.6) is 0 Å². The molecule has 2 nitrogen and oxygen atoms in total. The Morgan fingerprint density at radius 2 is 2.50 bits per heavy atom. The van der Waals surface area contributed by atoms with Gasteiger partial charge in [0.1, 0.15) is 5.76 Å². The van der Waals surface area contributed by atoms with Crippen LogP contribution in [0.2, 0.25) is 0 Å². The highest BCUT2D eigenvalue weighted by atomic mass is 16.3. The van der Waals surface area contributed by atoms with Crippen LogP contribution < -0.4 is 0 Å². The van der Waals surface area contributed by atoms with Crippen molar-refractivity contribution in [2.75, 3.05) is 0 Å². The number of furan rings is 1. The number of aliphatic hydroxyl groups excluding tert-OH is 1. The van der Waals surface area contributed by atoms with Gasteiger partial charge >= 0.3 is 0 Å². The molecule has 0 unspecified atom stereocenters. The molecule has 0 spiro atoms. The molecule has 0 saturated carbocycles. The Labute approximate surface area is 71.8 Å². The van der Waals surface area contributed by atoms with Gasteiger partial charge in [0.15, 0.2) is 0 Å². The van der Waals surface area contributed by atoms with Gasteiger partial charge in [0.05, 0.1) is 12.4 Å². The van der Waals surface area contributed by atoms with E-state index in [0.29, 0.717) is 6.42 Å². The maximum atomic E-state index is 9.25. The van der Waals surface area contributed by atoms with E-state index < -0.39 is 6.10 Å². The normalized spacial score (nSPS) is 13.4. The van der Waals surface area contributed by atoms with Gasteiger partial charge in [-0.25, -0.2) is 0 Å². The van der Waals surface area contributed by atoms with E-state index in [4.69, 9.17) is 4.42 Å². The monoisotopic (exact) mass is 164 g/mol. The maximum absolute atomic E-state index is 9.25. The second-order valence-corrected chi connectivity index (χ2v) is 2.47. The standard InChI is InChI=1S/C10H12O2/c1-2-4-9(11)6-7-10-5-3-8-12-10/h2-3,5-9,11H,1,4H2/t9-/m0/s1. The van der Waals surface area contributed by atoms with Crippen molar-refractivity contribution < 1.29 is 9.52 Å². The third-order valence-electron chi connectivity index (χ3n) is 1.43. The fraction of sp³-hybridized carbons (Fsp3) is 0.200. The van der Waals surface area contributed by atoms with Crippen LogP contribution in [0.25, 0.3) is 6.08 Å². The first kappa shape index (κ1) is 8.81. The fourth-order valence-electron chi connectivity index (χ4n) is 0.841. The van der Waals surface area contributed by atoms with Gasteiger partial charge in [-0.15, -0.1) is 6.58 Å². The van der Waals surface area contributed by atoms with E-state index in [1.807, 2.05) is 6.07 Å². The molecular formula is C10H12O2. The molecule has 0 aliphatic rings. The van der Waals surface area contributed by atoms with Gasteiger partial charge in [0.2, 0.25) is 0 Å². The molecule has 0 bridgehead atoms. The Balaban J connectivity index is 2.44. The predicted octanol–water partition coefficient (Wildman–Crippen LogP) is 2.23. The summed E-state index contributed by atoms with van der Waals surface area (Å²) in [6.07, 6.45) is 6.80. The van der Waals surface area contributed by atoms with Crippen molar-refractivity contribution >= 4 is 6.08 Å². The number of rotatable bonds is 4. The second kappa shape index (κ2) is 4.57. The minimum atomic E-state index is -0.465. The van der Waals surface area contributed by atoms with Crippen molar-refractivity contribution in [3.8, 4) is 0 Å². The molecule has 12 heavy (non-hydrogen) atoms. The van der Waals surface area contributed by atoms with E-state index in [0.717, 1.165) is 5.76 Å². The van der Waals surface area contributed by atoms with Gasteiger partial charge in [0.25, 0.3) is 0 Å². The van der Waals surface area contributed by atoms with Gasteiger partial charge < -0.3 is 9.52 Å². The van der Waals surface area contributed by atoms with Crippen molar-refractivity contribution in [1.29, 1.82) is 0 Å². The summed E-state index contributed by atoms with van der Waals surface area (Å²) in [4.78, 5) is 0. The van der Waals surface area contributed by atoms with Crippen LogP contribution in [0, 0.1) is 0 Å². The highest BCUT2D eigenvalue weighted by molar-refractivity contribution is 5.42. The Morgan fingerprint density at radius 3 is 3.08 bits per heavy atom. The van der Waals surface area contributed by atoms with Crippen LogP contribution in [0.4, 0.5) is 0 Å². The first-order valence-electron chi connectivity index (χ1n) is 3.83. The number of hydrogen-bond acceptors (Lipinski definition) is 2. The Morgan fingerprint density at radius 1 is 1.67 bits per heavy atom. The molecule has 0 saturated heterocycles. The topological polar surface area (TPSA) is 33.4 Å². The third kappa shape index (κ3) is 2.76. The van der Waals surface area contributed by atoms with Gasteiger partial charge in [-0.2, -0.15) is 0 Å². The van der Waals surface area contributed by atoms with Gasteiger partial charge in [-0.3, -0.25) is 0 Å². The van der Waals surface area contributed by atoms with Crippen LogP contribution in [0.3, 0.4) is 0 Å². The molecule has 1 aromatic rings. The summed E-state index contributed by atoms with van der Waals surface area (Å²) in [5, 5.41) is 9.25. The quantitative estimate of drug-likeness (QED) is 0.692. The van der Waals surface area contributed by atoms with E-state index in [1.165, 1.54) is 0 Å². The van der Waals surface area contributed by atoms with E-state index in [2.05, 4.69) is 6.58 Å². The highest BCUT2D eigenvalue weighted by Crippen LogP contribution is 2.04. The smallest absolute Gasteiger partial charge is 0.126 e.